The van der Waals surface area contributed by atoms with Gasteiger partial charge in [0.25, 0.3) is 0 Å². The molecule has 0 saturated heterocycles. The van der Waals surface area contributed by atoms with Gasteiger partial charge in [0.2, 0.25) is 11.9 Å². The van der Waals surface area contributed by atoms with Crippen LogP contribution >= 0.6 is 0 Å². The minimum atomic E-state index is 0.0798. The van der Waals surface area contributed by atoms with Crippen LogP contribution in [0.3, 0.4) is 0 Å². The number of nitrogens with zero attached hydrogens (tertiary/aromatic N) is 6. The SMILES string of the molecule is CC(=O)N1CCc2c(nc(N(C)C)nc2N(C)Cc2ncc[nH]2)C1. The van der Waals surface area contributed by atoms with Gasteiger partial charge in [0.15, 0.2) is 0 Å². The smallest absolute Gasteiger partial charge is 0.227 e. The first kappa shape index (κ1) is 16.2. The molecule has 128 valence electrons. The van der Waals surface area contributed by atoms with E-state index in [9.17, 15) is 4.79 Å². The number of H-pyrrole nitrogens is 1. The molecule has 2 aromatic rings. The zero-order valence-electron chi connectivity index (χ0n) is 14.6. The number of anilines is 2. The van der Waals surface area contributed by atoms with Crippen LogP contribution in [0.15, 0.2) is 12.4 Å². The maximum Gasteiger partial charge on any atom is 0.227 e. The number of hydrogen-bond donors (Lipinski definition) is 1. The van der Waals surface area contributed by atoms with Crippen molar-refractivity contribution >= 4 is 17.7 Å². The Hall–Kier alpha value is -2.64. The highest BCUT2D eigenvalue weighted by atomic mass is 16.2. The van der Waals surface area contributed by atoms with Gasteiger partial charge in [0.05, 0.1) is 18.8 Å². The fourth-order valence-electron chi connectivity index (χ4n) is 2.87. The highest BCUT2D eigenvalue weighted by Crippen LogP contribution is 2.28. The average Bonchev–Trinajstić information content (AvgIpc) is 3.05. The standard InChI is InChI=1S/C16H23N7O/c1-11(24)23-8-5-12-13(9-23)19-16(21(2)3)20-15(12)22(4)10-14-17-6-7-18-14/h6-7H,5,8-10H2,1-4H3,(H,17,18). The molecule has 0 radical (unpaired) electrons. The molecule has 0 saturated carbocycles. The molecule has 1 aliphatic heterocycles. The van der Waals surface area contributed by atoms with Gasteiger partial charge in [-0.1, -0.05) is 0 Å². The van der Waals surface area contributed by atoms with Gasteiger partial charge in [0.1, 0.15) is 11.6 Å². The summed E-state index contributed by atoms with van der Waals surface area (Å²) in [5.41, 5.74) is 2.05. The second kappa shape index (κ2) is 6.46. The van der Waals surface area contributed by atoms with E-state index in [1.54, 1.807) is 13.1 Å². The third-order valence-electron chi connectivity index (χ3n) is 4.18. The molecule has 1 N–H and O–H groups in total. The van der Waals surface area contributed by atoms with E-state index in [-0.39, 0.29) is 5.91 Å². The normalized spacial score (nSPS) is 13.6. The lowest BCUT2D eigenvalue weighted by Crippen LogP contribution is -2.36. The topological polar surface area (TPSA) is 81.2 Å². The molecule has 2 aromatic heterocycles. The molecule has 0 atom stereocenters. The summed E-state index contributed by atoms with van der Waals surface area (Å²) in [5.74, 6) is 2.53. The Morgan fingerprint density at radius 3 is 2.75 bits per heavy atom. The van der Waals surface area contributed by atoms with Crippen molar-refractivity contribution in [2.24, 2.45) is 0 Å². The molecular formula is C16H23N7O. The van der Waals surface area contributed by atoms with Gasteiger partial charge in [-0.05, 0) is 6.42 Å². The molecule has 8 nitrogen and oxygen atoms in total. The first-order valence-corrected chi connectivity index (χ1v) is 7.97. The predicted molar refractivity (Wildman–Crippen MR) is 91.8 cm³/mol. The van der Waals surface area contributed by atoms with Gasteiger partial charge in [-0.2, -0.15) is 4.98 Å². The van der Waals surface area contributed by atoms with Crippen LogP contribution in [0.5, 0.6) is 0 Å². The summed E-state index contributed by atoms with van der Waals surface area (Å²) in [6.07, 6.45) is 4.32. The number of rotatable bonds is 4. The summed E-state index contributed by atoms with van der Waals surface area (Å²) in [7, 11) is 5.84. The van der Waals surface area contributed by atoms with E-state index in [0.717, 1.165) is 29.3 Å². The fourth-order valence-corrected chi connectivity index (χ4v) is 2.87. The van der Waals surface area contributed by atoms with Crippen LogP contribution in [-0.4, -0.2) is 58.4 Å². The number of nitrogens with one attached hydrogen (secondary N) is 1. The first-order chi connectivity index (χ1) is 11.5. The second-order valence-corrected chi connectivity index (χ2v) is 6.25. The molecule has 8 heteroatoms. The molecule has 1 amide bonds. The summed E-state index contributed by atoms with van der Waals surface area (Å²) >= 11 is 0. The Labute approximate surface area is 141 Å². The van der Waals surface area contributed by atoms with Gasteiger partial charge < -0.3 is 19.7 Å². The minimum Gasteiger partial charge on any atom is -0.352 e. The van der Waals surface area contributed by atoms with Crippen molar-refractivity contribution in [1.82, 2.24) is 24.8 Å². The highest BCUT2D eigenvalue weighted by molar-refractivity contribution is 5.73. The highest BCUT2D eigenvalue weighted by Gasteiger charge is 2.25. The van der Waals surface area contributed by atoms with Crippen LogP contribution in [0, 0.1) is 0 Å². The zero-order chi connectivity index (χ0) is 17.3. The van der Waals surface area contributed by atoms with Crippen LogP contribution in [0.2, 0.25) is 0 Å². The lowest BCUT2D eigenvalue weighted by atomic mass is 10.0. The summed E-state index contributed by atoms with van der Waals surface area (Å²) in [4.78, 5) is 34.3. The van der Waals surface area contributed by atoms with Gasteiger partial charge in [0, 0.05) is 52.6 Å². The second-order valence-electron chi connectivity index (χ2n) is 6.25. The van der Waals surface area contributed by atoms with Crippen molar-refractivity contribution in [1.29, 1.82) is 0 Å². The van der Waals surface area contributed by atoms with Gasteiger partial charge in [-0.3, -0.25) is 4.79 Å². The van der Waals surface area contributed by atoms with Gasteiger partial charge in [-0.15, -0.1) is 0 Å². The van der Waals surface area contributed by atoms with Gasteiger partial charge in [-0.25, -0.2) is 9.97 Å². The van der Waals surface area contributed by atoms with Crippen molar-refractivity contribution in [3.63, 3.8) is 0 Å². The van der Waals surface area contributed by atoms with E-state index in [2.05, 4.69) is 19.9 Å². The number of carbonyl (C=O) groups excluding carboxylic acids is 1. The largest absolute Gasteiger partial charge is 0.352 e. The van der Waals surface area contributed by atoms with Crippen molar-refractivity contribution in [3.8, 4) is 0 Å². The summed E-state index contributed by atoms with van der Waals surface area (Å²) in [6.45, 7) is 3.48. The lowest BCUT2D eigenvalue weighted by molar-refractivity contribution is -0.129. The molecule has 24 heavy (non-hydrogen) atoms. The Bertz CT molecular complexity index is 726. The number of carbonyl (C=O) groups is 1. The zero-order valence-corrected chi connectivity index (χ0v) is 14.6. The van der Waals surface area contributed by atoms with Crippen LogP contribution < -0.4 is 9.80 Å². The third-order valence-corrected chi connectivity index (χ3v) is 4.18. The van der Waals surface area contributed by atoms with Crippen LogP contribution in [-0.2, 0) is 24.3 Å². The lowest BCUT2D eigenvalue weighted by Gasteiger charge is -2.31. The van der Waals surface area contributed by atoms with Crippen molar-refractivity contribution in [3.05, 3.63) is 29.5 Å². The maximum atomic E-state index is 11.7. The fraction of sp³-hybridized carbons (Fsp3) is 0.500. The minimum absolute atomic E-state index is 0.0798. The Morgan fingerprint density at radius 2 is 2.12 bits per heavy atom. The Morgan fingerprint density at radius 1 is 1.33 bits per heavy atom. The number of amides is 1. The third kappa shape index (κ3) is 3.17. The number of fused-ring (bicyclic) bond motifs is 1. The molecule has 0 fully saturated rings. The molecule has 3 heterocycles. The summed E-state index contributed by atoms with van der Waals surface area (Å²) in [5, 5.41) is 0. The van der Waals surface area contributed by atoms with E-state index < -0.39 is 0 Å². The molecule has 0 spiro atoms. The first-order valence-electron chi connectivity index (χ1n) is 7.97. The van der Waals surface area contributed by atoms with Crippen LogP contribution in [0.25, 0.3) is 0 Å². The van der Waals surface area contributed by atoms with E-state index in [0.29, 0.717) is 25.6 Å². The Balaban J connectivity index is 1.97. The molecule has 1 aliphatic rings. The molecule has 0 aromatic carbocycles. The van der Waals surface area contributed by atoms with Crippen molar-refractivity contribution in [2.45, 2.75) is 26.4 Å². The van der Waals surface area contributed by atoms with Crippen LogP contribution in [0.4, 0.5) is 11.8 Å². The van der Waals surface area contributed by atoms with E-state index >= 15 is 0 Å². The number of aromatic amines is 1. The van der Waals surface area contributed by atoms with Crippen molar-refractivity contribution in [2.75, 3.05) is 37.5 Å². The molecule has 0 unspecified atom stereocenters. The maximum absolute atomic E-state index is 11.7. The molecular weight excluding hydrogens is 306 g/mol. The quantitative estimate of drug-likeness (QED) is 0.894. The van der Waals surface area contributed by atoms with Crippen LogP contribution in [0.1, 0.15) is 24.0 Å². The molecule has 0 aliphatic carbocycles. The Kier molecular flexibility index (Phi) is 4.37. The van der Waals surface area contributed by atoms with E-state index in [1.165, 1.54) is 0 Å². The summed E-state index contributed by atoms with van der Waals surface area (Å²) < 4.78 is 0. The number of hydrogen-bond acceptors (Lipinski definition) is 6. The summed E-state index contributed by atoms with van der Waals surface area (Å²) in [6, 6.07) is 0. The molecule has 0 bridgehead atoms. The van der Waals surface area contributed by atoms with E-state index in [1.807, 2.05) is 37.1 Å². The number of imidazole rings is 1. The van der Waals surface area contributed by atoms with E-state index in [4.69, 9.17) is 4.98 Å². The van der Waals surface area contributed by atoms with Gasteiger partial charge >= 0.3 is 0 Å². The monoisotopic (exact) mass is 329 g/mol. The van der Waals surface area contributed by atoms with Crippen molar-refractivity contribution < 1.29 is 4.79 Å². The molecule has 3 rings (SSSR count). The average molecular weight is 329 g/mol. The predicted octanol–water partition coefficient (Wildman–Crippen LogP) is 0.807. The number of aromatic nitrogens is 4.